The first-order valence-electron chi connectivity index (χ1n) is 7.03. The summed E-state index contributed by atoms with van der Waals surface area (Å²) < 4.78 is 0. The molecule has 1 N–H and O–H groups in total. The molecule has 0 saturated carbocycles. The van der Waals surface area contributed by atoms with Gasteiger partial charge in [0, 0.05) is 25.2 Å². The summed E-state index contributed by atoms with van der Waals surface area (Å²) in [5.74, 6) is 0.638. The van der Waals surface area contributed by atoms with Crippen LogP contribution in [0.1, 0.15) is 25.0 Å². The van der Waals surface area contributed by atoms with Gasteiger partial charge in [-0.25, -0.2) is 4.98 Å². The van der Waals surface area contributed by atoms with Crippen molar-refractivity contribution in [3.8, 4) is 6.07 Å². The third-order valence-electron chi connectivity index (χ3n) is 3.56. The topological polar surface area (TPSA) is 69.0 Å². The Hall–Kier alpha value is -1.93. The highest BCUT2D eigenvalue weighted by atomic mass is 16.2. The van der Waals surface area contributed by atoms with E-state index in [4.69, 9.17) is 5.26 Å². The molecule has 2 heterocycles. The predicted octanol–water partition coefficient (Wildman–Crippen LogP) is 1.95. The monoisotopic (exact) mass is 272 g/mol. The summed E-state index contributed by atoms with van der Waals surface area (Å²) in [6, 6.07) is 7.75. The number of rotatable bonds is 4. The molecule has 106 valence electrons. The van der Waals surface area contributed by atoms with Crippen LogP contribution < -0.4 is 5.32 Å². The average Bonchev–Trinajstić information content (AvgIpc) is 2.45. The third kappa shape index (κ3) is 4.04. The van der Waals surface area contributed by atoms with Crippen molar-refractivity contribution in [2.45, 2.75) is 26.2 Å². The quantitative estimate of drug-likeness (QED) is 0.909. The lowest BCUT2D eigenvalue weighted by Crippen LogP contribution is -2.41. The highest BCUT2D eigenvalue weighted by molar-refractivity contribution is 5.91. The van der Waals surface area contributed by atoms with Gasteiger partial charge in [0.1, 0.15) is 5.82 Å². The van der Waals surface area contributed by atoms with Crippen LogP contribution in [0.25, 0.3) is 0 Å². The summed E-state index contributed by atoms with van der Waals surface area (Å²) in [5, 5.41) is 11.5. The van der Waals surface area contributed by atoms with Gasteiger partial charge in [-0.3, -0.25) is 4.79 Å². The Morgan fingerprint density at radius 3 is 3.20 bits per heavy atom. The summed E-state index contributed by atoms with van der Waals surface area (Å²) in [5.41, 5.74) is 0.891. The van der Waals surface area contributed by atoms with E-state index in [1.807, 2.05) is 19.1 Å². The molecule has 5 nitrogen and oxygen atoms in total. The predicted molar refractivity (Wildman–Crippen MR) is 77.0 cm³/mol. The molecule has 0 aromatic carbocycles. The van der Waals surface area contributed by atoms with Gasteiger partial charge in [-0.05, 0) is 38.4 Å². The Morgan fingerprint density at radius 2 is 2.45 bits per heavy atom. The van der Waals surface area contributed by atoms with Gasteiger partial charge in [0.2, 0.25) is 5.91 Å². The fraction of sp³-hybridized carbons (Fsp3) is 0.533. The van der Waals surface area contributed by atoms with Crippen molar-refractivity contribution >= 4 is 11.7 Å². The molecule has 0 unspecified atom stereocenters. The van der Waals surface area contributed by atoms with Crippen molar-refractivity contribution < 1.29 is 4.79 Å². The van der Waals surface area contributed by atoms with Crippen molar-refractivity contribution in [2.75, 3.05) is 25.0 Å². The molecule has 1 saturated heterocycles. The normalized spacial score (nSPS) is 19.3. The van der Waals surface area contributed by atoms with Crippen molar-refractivity contribution in [3.63, 3.8) is 0 Å². The first kappa shape index (κ1) is 14.5. The molecule has 1 aromatic heterocycles. The van der Waals surface area contributed by atoms with Crippen LogP contribution in [0.15, 0.2) is 18.2 Å². The summed E-state index contributed by atoms with van der Waals surface area (Å²) in [6.07, 6.45) is 2.43. The van der Waals surface area contributed by atoms with Crippen LogP contribution in [0.2, 0.25) is 0 Å². The van der Waals surface area contributed by atoms with Gasteiger partial charge >= 0.3 is 0 Å². The minimum absolute atomic E-state index is 0.00949. The number of hydrogen-bond acceptors (Lipinski definition) is 4. The lowest BCUT2D eigenvalue weighted by atomic mass is 9.97. The maximum atomic E-state index is 12.3. The maximum absolute atomic E-state index is 12.3. The van der Waals surface area contributed by atoms with Crippen LogP contribution in [0.4, 0.5) is 5.82 Å². The lowest BCUT2D eigenvalue weighted by molar-refractivity contribution is -0.121. The van der Waals surface area contributed by atoms with E-state index in [0.29, 0.717) is 12.2 Å². The van der Waals surface area contributed by atoms with Crippen molar-refractivity contribution in [1.82, 2.24) is 9.88 Å². The Morgan fingerprint density at radius 1 is 1.60 bits per heavy atom. The number of carbonyl (C=O) groups excluding carboxylic acids is 1. The lowest BCUT2D eigenvalue weighted by Gasteiger charge is -2.31. The van der Waals surface area contributed by atoms with Crippen LogP contribution in [0.3, 0.4) is 0 Å². The van der Waals surface area contributed by atoms with Crippen LogP contribution in [0.5, 0.6) is 0 Å². The number of amides is 1. The number of piperidine rings is 1. The third-order valence-corrected chi connectivity index (χ3v) is 3.56. The number of likely N-dealkylation sites (tertiary alicyclic amines) is 1. The number of nitrogens with one attached hydrogen (secondary N) is 1. The molecule has 1 fully saturated rings. The largest absolute Gasteiger partial charge is 0.310 e. The Labute approximate surface area is 119 Å². The molecule has 1 aliphatic heterocycles. The molecule has 5 heteroatoms. The summed E-state index contributed by atoms with van der Waals surface area (Å²) in [6.45, 7) is 4.37. The van der Waals surface area contributed by atoms with Gasteiger partial charge in [-0.1, -0.05) is 6.07 Å². The molecule has 1 atom stereocenters. The second kappa shape index (κ2) is 7.01. The van der Waals surface area contributed by atoms with E-state index in [9.17, 15) is 4.79 Å². The number of carbonyl (C=O) groups is 1. The molecular formula is C15H20N4O. The number of aryl methyl sites for hydroxylation is 1. The Kier molecular flexibility index (Phi) is 5.08. The minimum atomic E-state index is -0.00949. The van der Waals surface area contributed by atoms with E-state index < -0.39 is 0 Å². The van der Waals surface area contributed by atoms with E-state index in [2.05, 4.69) is 21.3 Å². The SMILES string of the molecule is Cc1cccc(NC(=O)[C@H]2CCCN(CCC#N)C2)n1. The van der Waals surface area contributed by atoms with Crippen molar-refractivity contribution in [1.29, 1.82) is 5.26 Å². The minimum Gasteiger partial charge on any atom is -0.310 e. The van der Waals surface area contributed by atoms with Gasteiger partial charge in [-0.2, -0.15) is 5.26 Å². The van der Waals surface area contributed by atoms with E-state index in [-0.39, 0.29) is 11.8 Å². The second-order valence-corrected chi connectivity index (χ2v) is 5.20. The zero-order valence-corrected chi connectivity index (χ0v) is 11.8. The number of aromatic nitrogens is 1. The molecule has 1 aliphatic rings. The number of hydrogen-bond donors (Lipinski definition) is 1. The summed E-state index contributed by atoms with van der Waals surface area (Å²) >= 11 is 0. The zero-order chi connectivity index (χ0) is 14.4. The zero-order valence-electron chi connectivity index (χ0n) is 11.8. The average molecular weight is 272 g/mol. The number of nitrogens with zero attached hydrogens (tertiary/aromatic N) is 3. The van der Waals surface area contributed by atoms with Crippen LogP contribution in [-0.4, -0.2) is 35.4 Å². The molecule has 1 amide bonds. The molecule has 20 heavy (non-hydrogen) atoms. The van der Waals surface area contributed by atoms with Crippen LogP contribution in [0, 0.1) is 24.2 Å². The summed E-state index contributed by atoms with van der Waals surface area (Å²) in [4.78, 5) is 18.7. The molecule has 0 radical (unpaired) electrons. The molecule has 1 aromatic rings. The molecule has 2 rings (SSSR count). The van der Waals surface area contributed by atoms with Gasteiger partial charge in [0.15, 0.2) is 0 Å². The molecule has 0 bridgehead atoms. The first-order valence-corrected chi connectivity index (χ1v) is 7.03. The van der Waals surface area contributed by atoms with Crippen molar-refractivity contribution in [3.05, 3.63) is 23.9 Å². The Bertz CT molecular complexity index is 509. The summed E-state index contributed by atoms with van der Waals surface area (Å²) in [7, 11) is 0. The maximum Gasteiger partial charge on any atom is 0.229 e. The van der Waals surface area contributed by atoms with E-state index in [1.165, 1.54) is 0 Å². The van der Waals surface area contributed by atoms with Gasteiger partial charge in [0.05, 0.1) is 12.0 Å². The molecule has 0 spiro atoms. The Balaban J connectivity index is 1.90. The fourth-order valence-electron chi connectivity index (χ4n) is 2.52. The number of nitriles is 1. The fourth-order valence-corrected chi connectivity index (χ4v) is 2.52. The number of pyridine rings is 1. The smallest absolute Gasteiger partial charge is 0.229 e. The van der Waals surface area contributed by atoms with Crippen LogP contribution in [-0.2, 0) is 4.79 Å². The van der Waals surface area contributed by atoms with E-state index in [0.717, 1.165) is 38.2 Å². The van der Waals surface area contributed by atoms with Crippen LogP contribution >= 0.6 is 0 Å². The highest BCUT2D eigenvalue weighted by Crippen LogP contribution is 2.18. The molecular weight excluding hydrogens is 252 g/mol. The first-order chi connectivity index (χ1) is 9.69. The van der Waals surface area contributed by atoms with E-state index in [1.54, 1.807) is 6.07 Å². The highest BCUT2D eigenvalue weighted by Gasteiger charge is 2.25. The second-order valence-electron chi connectivity index (χ2n) is 5.20. The standard InChI is InChI=1S/C15H20N4O/c1-12-5-2-7-14(17-12)18-15(20)13-6-3-9-19(11-13)10-4-8-16/h2,5,7,13H,3-4,6,9-11H2,1H3,(H,17,18,20)/t13-/m0/s1. The van der Waals surface area contributed by atoms with E-state index >= 15 is 0 Å². The van der Waals surface area contributed by atoms with Crippen molar-refractivity contribution in [2.24, 2.45) is 5.92 Å². The molecule has 0 aliphatic carbocycles. The van der Waals surface area contributed by atoms with Gasteiger partial charge < -0.3 is 10.2 Å². The number of anilines is 1. The van der Waals surface area contributed by atoms with Gasteiger partial charge in [-0.15, -0.1) is 0 Å². The van der Waals surface area contributed by atoms with Gasteiger partial charge in [0.25, 0.3) is 0 Å².